The Kier molecular flexibility index (Phi) is 5.97. The van der Waals surface area contributed by atoms with Gasteiger partial charge in [0.15, 0.2) is 0 Å². The van der Waals surface area contributed by atoms with Gasteiger partial charge < -0.3 is 5.32 Å². The smallest absolute Gasteiger partial charge is 0.243 e. The van der Waals surface area contributed by atoms with Gasteiger partial charge in [-0.25, -0.2) is 22.8 Å². The van der Waals surface area contributed by atoms with Crippen LogP contribution in [0, 0.1) is 19.7 Å². The summed E-state index contributed by atoms with van der Waals surface area (Å²) in [7, 11) is -3.72. The fraction of sp³-hybridized carbons (Fsp3) is 0.318. The molecule has 0 radical (unpaired) electrons. The van der Waals surface area contributed by atoms with E-state index < -0.39 is 15.8 Å². The fourth-order valence-corrected chi connectivity index (χ4v) is 5.13. The molecular weight excluding hydrogens is 417 g/mol. The van der Waals surface area contributed by atoms with E-state index in [-0.39, 0.29) is 10.8 Å². The van der Waals surface area contributed by atoms with Crippen LogP contribution < -0.4 is 5.32 Å². The maximum atomic E-state index is 13.9. The molecule has 7 nitrogen and oxygen atoms in total. The van der Waals surface area contributed by atoms with E-state index in [1.807, 2.05) is 19.1 Å². The summed E-state index contributed by atoms with van der Waals surface area (Å²) in [6, 6.07) is 7.88. The molecule has 3 aromatic rings. The lowest BCUT2D eigenvalue weighted by Gasteiger charge is -2.31. The SMILES string of the molecule is Cc1ccc(S(=O)(=O)N2CCC(c3cncc(Nc4ncccc4C)n3)CC2)cc1F. The largest absolute Gasteiger partial charge is 0.323 e. The number of piperidine rings is 1. The summed E-state index contributed by atoms with van der Waals surface area (Å²) < 4.78 is 41.1. The van der Waals surface area contributed by atoms with Gasteiger partial charge in [0.2, 0.25) is 10.0 Å². The molecule has 1 N–H and O–H groups in total. The minimum absolute atomic E-state index is 0.00855. The first-order valence-corrected chi connectivity index (χ1v) is 11.6. The fourth-order valence-electron chi connectivity index (χ4n) is 3.65. The number of halogens is 1. The van der Waals surface area contributed by atoms with Crippen LogP contribution >= 0.6 is 0 Å². The van der Waals surface area contributed by atoms with Gasteiger partial charge in [0.1, 0.15) is 17.5 Å². The quantitative estimate of drug-likeness (QED) is 0.645. The number of nitrogens with one attached hydrogen (secondary N) is 1. The Morgan fingerprint density at radius 3 is 2.58 bits per heavy atom. The zero-order valence-electron chi connectivity index (χ0n) is 17.4. The molecule has 1 aromatic carbocycles. The van der Waals surface area contributed by atoms with Crippen LogP contribution in [0.5, 0.6) is 0 Å². The van der Waals surface area contributed by atoms with Gasteiger partial charge in [-0.05, 0) is 56.0 Å². The highest BCUT2D eigenvalue weighted by Crippen LogP contribution is 2.30. The molecule has 1 fully saturated rings. The van der Waals surface area contributed by atoms with Gasteiger partial charge in [0.25, 0.3) is 0 Å². The van der Waals surface area contributed by atoms with Crippen molar-refractivity contribution in [1.29, 1.82) is 0 Å². The number of sulfonamides is 1. The Balaban J connectivity index is 1.45. The molecule has 0 unspecified atom stereocenters. The third-order valence-corrected chi connectivity index (χ3v) is 7.46. The molecular formula is C22H24FN5O2S. The van der Waals surface area contributed by atoms with Crippen molar-refractivity contribution < 1.29 is 12.8 Å². The highest BCUT2D eigenvalue weighted by atomic mass is 32.2. The van der Waals surface area contributed by atoms with Crippen LogP contribution in [-0.4, -0.2) is 40.8 Å². The van der Waals surface area contributed by atoms with E-state index in [9.17, 15) is 12.8 Å². The summed E-state index contributed by atoms with van der Waals surface area (Å²) >= 11 is 0. The molecule has 0 aliphatic carbocycles. The molecule has 4 rings (SSSR count). The van der Waals surface area contributed by atoms with Crippen LogP contribution in [0.2, 0.25) is 0 Å². The second-order valence-corrected chi connectivity index (χ2v) is 9.65. The Morgan fingerprint density at radius 2 is 1.87 bits per heavy atom. The number of pyridine rings is 1. The van der Waals surface area contributed by atoms with Gasteiger partial charge in [-0.2, -0.15) is 4.31 Å². The van der Waals surface area contributed by atoms with E-state index in [0.717, 1.165) is 23.1 Å². The normalized spacial score (nSPS) is 15.7. The Bertz CT molecular complexity index is 1190. The predicted octanol–water partition coefficient (Wildman–Crippen LogP) is 3.94. The average molecular weight is 442 g/mol. The van der Waals surface area contributed by atoms with Crippen LogP contribution in [0.1, 0.15) is 35.6 Å². The van der Waals surface area contributed by atoms with Crippen LogP contribution in [-0.2, 0) is 10.0 Å². The topological polar surface area (TPSA) is 88.1 Å². The van der Waals surface area contributed by atoms with E-state index in [0.29, 0.717) is 37.3 Å². The summed E-state index contributed by atoms with van der Waals surface area (Å²) in [6.07, 6.45) is 6.31. The van der Waals surface area contributed by atoms with E-state index in [1.54, 1.807) is 25.5 Å². The van der Waals surface area contributed by atoms with Crippen LogP contribution in [0.15, 0.2) is 53.8 Å². The number of rotatable bonds is 5. The number of nitrogens with zero attached hydrogens (tertiary/aromatic N) is 4. The van der Waals surface area contributed by atoms with Crippen molar-refractivity contribution >= 4 is 21.7 Å². The van der Waals surface area contributed by atoms with Crippen LogP contribution in [0.3, 0.4) is 0 Å². The first-order chi connectivity index (χ1) is 14.8. The third kappa shape index (κ3) is 4.57. The summed E-state index contributed by atoms with van der Waals surface area (Å²) in [5.41, 5.74) is 2.24. The zero-order chi connectivity index (χ0) is 22.0. The number of aryl methyl sites for hydroxylation is 2. The van der Waals surface area contributed by atoms with Crippen molar-refractivity contribution in [1.82, 2.24) is 19.3 Å². The maximum absolute atomic E-state index is 13.9. The lowest BCUT2D eigenvalue weighted by Crippen LogP contribution is -2.38. The number of benzene rings is 1. The third-order valence-electron chi connectivity index (χ3n) is 5.56. The molecule has 1 aliphatic rings. The lowest BCUT2D eigenvalue weighted by atomic mass is 9.95. The standard InChI is InChI=1S/C22H24FN5O2S/c1-15-5-6-18(12-19(15)23)31(29,30)28-10-7-17(8-11-28)20-13-24-14-21(26-20)27-22-16(2)4-3-9-25-22/h3-6,9,12-14,17H,7-8,10-11H2,1-2H3,(H,25,26,27). The van der Waals surface area contributed by atoms with Gasteiger partial charge in [0.05, 0.1) is 16.8 Å². The van der Waals surface area contributed by atoms with Crippen molar-refractivity contribution in [2.45, 2.75) is 37.5 Å². The van der Waals surface area contributed by atoms with Crippen molar-refractivity contribution in [2.75, 3.05) is 18.4 Å². The predicted molar refractivity (Wildman–Crippen MR) is 116 cm³/mol. The maximum Gasteiger partial charge on any atom is 0.243 e. The summed E-state index contributed by atoms with van der Waals surface area (Å²) in [5, 5.41) is 3.19. The monoisotopic (exact) mass is 441 g/mol. The molecule has 0 saturated carbocycles. The molecule has 0 spiro atoms. The van der Waals surface area contributed by atoms with Gasteiger partial charge >= 0.3 is 0 Å². The highest BCUT2D eigenvalue weighted by Gasteiger charge is 2.31. The molecule has 3 heterocycles. The first-order valence-electron chi connectivity index (χ1n) is 10.1. The first kappa shape index (κ1) is 21.3. The number of anilines is 2. The second kappa shape index (κ2) is 8.68. The Morgan fingerprint density at radius 1 is 1.10 bits per heavy atom. The molecule has 9 heteroatoms. The van der Waals surface area contributed by atoms with Crippen molar-refractivity contribution in [2.24, 2.45) is 0 Å². The molecule has 0 atom stereocenters. The van der Waals surface area contributed by atoms with E-state index in [2.05, 4.69) is 20.3 Å². The van der Waals surface area contributed by atoms with E-state index in [1.165, 1.54) is 16.4 Å². The van der Waals surface area contributed by atoms with Crippen LogP contribution in [0.4, 0.5) is 16.0 Å². The van der Waals surface area contributed by atoms with Gasteiger partial charge in [-0.3, -0.25) is 4.98 Å². The second-order valence-electron chi connectivity index (χ2n) is 7.71. The summed E-state index contributed by atoms with van der Waals surface area (Å²) in [6.45, 7) is 4.27. The van der Waals surface area contributed by atoms with Gasteiger partial charge in [-0.1, -0.05) is 12.1 Å². The van der Waals surface area contributed by atoms with Crippen molar-refractivity contribution in [3.05, 3.63) is 71.6 Å². The Labute approximate surface area is 181 Å². The molecule has 162 valence electrons. The van der Waals surface area contributed by atoms with Gasteiger partial charge in [-0.15, -0.1) is 0 Å². The van der Waals surface area contributed by atoms with Crippen LogP contribution in [0.25, 0.3) is 0 Å². The lowest BCUT2D eigenvalue weighted by molar-refractivity contribution is 0.316. The summed E-state index contributed by atoms with van der Waals surface area (Å²) in [5.74, 6) is 0.906. The molecule has 0 amide bonds. The zero-order valence-corrected chi connectivity index (χ0v) is 18.2. The van der Waals surface area contributed by atoms with Gasteiger partial charge in [0, 0.05) is 31.4 Å². The average Bonchev–Trinajstić information content (AvgIpc) is 2.77. The molecule has 31 heavy (non-hydrogen) atoms. The number of hydrogen-bond acceptors (Lipinski definition) is 6. The minimum Gasteiger partial charge on any atom is -0.323 e. The molecule has 2 aromatic heterocycles. The summed E-state index contributed by atoms with van der Waals surface area (Å²) in [4.78, 5) is 13.3. The number of aromatic nitrogens is 3. The van der Waals surface area contributed by atoms with E-state index >= 15 is 0 Å². The highest BCUT2D eigenvalue weighted by molar-refractivity contribution is 7.89. The van der Waals surface area contributed by atoms with Crippen molar-refractivity contribution in [3.8, 4) is 0 Å². The molecule has 0 bridgehead atoms. The molecule has 1 saturated heterocycles. The molecule has 1 aliphatic heterocycles. The van der Waals surface area contributed by atoms with Crippen molar-refractivity contribution in [3.63, 3.8) is 0 Å². The minimum atomic E-state index is -3.72. The van der Waals surface area contributed by atoms with E-state index in [4.69, 9.17) is 0 Å². The Hall–Kier alpha value is -2.91. The number of hydrogen-bond donors (Lipinski definition) is 1.